The Morgan fingerprint density at radius 1 is 1.24 bits per heavy atom. The number of ether oxygens (including phenoxy) is 1. The highest BCUT2D eigenvalue weighted by Gasteiger charge is 2.35. The van der Waals surface area contributed by atoms with Gasteiger partial charge in [0.05, 0.1) is 19.6 Å². The summed E-state index contributed by atoms with van der Waals surface area (Å²) in [4.78, 5) is 37.0. The summed E-state index contributed by atoms with van der Waals surface area (Å²) in [5, 5.41) is 12.8. The van der Waals surface area contributed by atoms with Crippen molar-refractivity contribution >= 4 is 17.8 Å². The number of nitrogens with zero attached hydrogens (tertiary/aromatic N) is 4. The average Bonchev–Trinajstić information content (AvgIpc) is 3.02. The van der Waals surface area contributed by atoms with E-state index in [1.807, 2.05) is 0 Å². The number of carbonyl (C=O) groups excluding carboxylic acids is 1. The number of aromatic nitrogens is 2. The summed E-state index contributed by atoms with van der Waals surface area (Å²) in [6.07, 6.45) is 6.42. The molecule has 0 aliphatic carbocycles. The summed E-state index contributed by atoms with van der Waals surface area (Å²) in [5.41, 5.74) is 2.99. The van der Waals surface area contributed by atoms with Gasteiger partial charge in [-0.15, -0.1) is 0 Å². The van der Waals surface area contributed by atoms with E-state index in [2.05, 4.69) is 22.4 Å². The number of anilines is 1. The van der Waals surface area contributed by atoms with E-state index in [0.29, 0.717) is 31.1 Å². The minimum atomic E-state index is -0.954. The molecule has 0 saturated carbocycles. The zero-order chi connectivity index (χ0) is 23.2. The van der Waals surface area contributed by atoms with Crippen molar-refractivity contribution in [3.05, 3.63) is 47.3 Å². The number of rotatable bonds is 9. The molecule has 9 nitrogen and oxygen atoms in total. The zero-order valence-electron chi connectivity index (χ0n) is 19.0. The van der Waals surface area contributed by atoms with Gasteiger partial charge in [-0.3, -0.25) is 4.79 Å². The third kappa shape index (κ3) is 5.53. The molecule has 2 N–H and O–H groups in total. The Morgan fingerprint density at radius 2 is 2.12 bits per heavy atom. The van der Waals surface area contributed by atoms with Gasteiger partial charge in [-0.25, -0.2) is 14.8 Å². The number of carboxylic acid groups (broad SMARTS) is 1. The molecule has 0 aromatic carbocycles. The van der Waals surface area contributed by atoms with Crippen LogP contribution in [-0.4, -0.2) is 70.2 Å². The van der Waals surface area contributed by atoms with Crippen LogP contribution in [0.15, 0.2) is 30.5 Å². The van der Waals surface area contributed by atoms with E-state index < -0.39 is 12.0 Å². The Labute approximate surface area is 193 Å². The summed E-state index contributed by atoms with van der Waals surface area (Å²) in [6.45, 7) is 2.65. The predicted molar refractivity (Wildman–Crippen MR) is 123 cm³/mol. The molecule has 4 rings (SSSR count). The molecular formula is C24H31N5O4. The van der Waals surface area contributed by atoms with Gasteiger partial charge in [-0.05, 0) is 49.3 Å². The van der Waals surface area contributed by atoms with E-state index in [9.17, 15) is 14.7 Å². The van der Waals surface area contributed by atoms with Crippen LogP contribution in [0.3, 0.4) is 0 Å². The van der Waals surface area contributed by atoms with Gasteiger partial charge in [0, 0.05) is 44.1 Å². The Morgan fingerprint density at radius 3 is 2.88 bits per heavy atom. The van der Waals surface area contributed by atoms with Crippen molar-refractivity contribution in [3.8, 4) is 5.88 Å². The standard InChI is InChI=1S/C24H31N5O4/c1-33-21-10-8-18(16-26-21)20(15-22(30)31)29-14-13-28(24(29)32)12-4-6-19-9-7-17-5-2-3-11-25-23(17)27-19/h7-10,16,20H,2-6,11-15H2,1H3,(H,25,27)(H,30,31)/t20-/m1/s1. The molecule has 0 spiro atoms. The Balaban J connectivity index is 1.36. The highest BCUT2D eigenvalue weighted by molar-refractivity contribution is 5.78. The highest BCUT2D eigenvalue weighted by atomic mass is 16.5. The molecule has 2 aromatic heterocycles. The first-order valence-electron chi connectivity index (χ1n) is 11.5. The summed E-state index contributed by atoms with van der Waals surface area (Å²) in [7, 11) is 1.52. The van der Waals surface area contributed by atoms with Gasteiger partial charge in [0.15, 0.2) is 0 Å². The molecule has 2 amide bonds. The van der Waals surface area contributed by atoms with Gasteiger partial charge < -0.3 is 25.0 Å². The lowest BCUT2D eigenvalue weighted by Crippen LogP contribution is -2.36. The second-order valence-electron chi connectivity index (χ2n) is 8.51. The molecule has 1 atom stereocenters. The van der Waals surface area contributed by atoms with Crippen molar-refractivity contribution < 1.29 is 19.4 Å². The van der Waals surface area contributed by atoms with Crippen molar-refractivity contribution in [1.82, 2.24) is 19.8 Å². The van der Waals surface area contributed by atoms with Gasteiger partial charge in [-0.2, -0.15) is 0 Å². The number of carbonyl (C=O) groups is 2. The molecule has 2 aromatic rings. The van der Waals surface area contributed by atoms with E-state index in [1.54, 1.807) is 28.1 Å². The molecule has 176 valence electrons. The maximum Gasteiger partial charge on any atom is 0.320 e. The number of pyridine rings is 2. The van der Waals surface area contributed by atoms with Gasteiger partial charge in [-0.1, -0.05) is 12.1 Å². The minimum Gasteiger partial charge on any atom is -0.481 e. The third-order valence-electron chi connectivity index (χ3n) is 6.29. The molecule has 2 aliphatic heterocycles. The van der Waals surface area contributed by atoms with Crippen molar-refractivity contribution in [3.63, 3.8) is 0 Å². The second-order valence-corrected chi connectivity index (χ2v) is 8.51. The lowest BCUT2D eigenvalue weighted by Gasteiger charge is -2.27. The fourth-order valence-corrected chi connectivity index (χ4v) is 4.50. The van der Waals surface area contributed by atoms with E-state index >= 15 is 0 Å². The molecule has 33 heavy (non-hydrogen) atoms. The molecular weight excluding hydrogens is 422 g/mol. The van der Waals surface area contributed by atoms with Crippen LogP contribution in [-0.2, 0) is 17.6 Å². The Hall–Kier alpha value is -3.36. The summed E-state index contributed by atoms with van der Waals surface area (Å²) in [5.74, 6) is 0.492. The molecule has 4 heterocycles. The first kappa shape index (κ1) is 22.8. The number of carboxylic acids is 1. The van der Waals surface area contributed by atoms with Crippen LogP contribution in [0.1, 0.15) is 48.5 Å². The smallest absolute Gasteiger partial charge is 0.320 e. The number of nitrogens with one attached hydrogen (secondary N) is 1. The van der Waals surface area contributed by atoms with Gasteiger partial charge >= 0.3 is 12.0 Å². The number of aryl methyl sites for hydroxylation is 2. The van der Waals surface area contributed by atoms with Crippen molar-refractivity contribution in [2.45, 2.75) is 44.6 Å². The number of aliphatic carboxylic acids is 1. The van der Waals surface area contributed by atoms with Gasteiger partial charge in [0.25, 0.3) is 0 Å². The summed E-state index contributed by atoms with van der Waals surface area (Å²) in [6, 6.07) is 7.02. The topological polar surface area (TPSA) is 108 Å². The average molecular weight is 454 g/mol. The highest BCUT2D eigenvalue weighted by Crippen LogP contribution is 2.29. The van der Waals surface area contributed by atoms with Crippen molar-refractivity contribution in [2.24, 2.45) is 0 Å². The normalized spacial score (nSPS) is 16.7. The van der Waals surface area contributed by atoms with E-state index in [1.165, 1.54) is 19.1 Å². The van der Waals surface area contributed by atoms with Crippen LogP contribution in [0.25, 0.3) is 0 Å². The molecule has 2 aliphatic rings. The molecule has 9 heteroatoms. The van der Waals surface area contributed by atoms with Gasteiger partial charge in [0.2, 0.25) is 5.88 Å². The third-order valence-corrected chi connectivity index (χ3v) is 6.29. The van der Waals surface area contributed by atoms with Crippen molar-refractivity contribution in [2.75, 3.05) is 38.6 Å². The largest absolute Gasteiger partial charge is 0.481 e. The van der Waals surface area contributed by atoms with Crippen LogP contribution in [0, 0.1) is 0 Å². The van der Waals surface area contributed by atoms with Crippen molar-refractivity contribution in [1.29, 1.82) is 0 Å². The second kappa shape index (κ2) is 10.5. The Bertz CT molecular complexity index is 981. The summed E-state index contributed by atoms with van der Waals surface area (Å²) < 4.78 is 5.09. The molecule has 0 unspecified atom stereocenters. The van der Waals surface area contributed by atoms with Crippen LogP contribution in [0.2, 0.25) is 0 Å². The van der Waals surface area contributed by atoms with Crippen LogP contribution >= 0.6 is 0 Å². The van der Waals surface area contributed by atoms with E-state index in [-0.39, 0.29) is 12.5 Å². The number of urea groups is 1. The predicted octanol–water partition coefficient (Wildman–Crippen LogP) is 3.12. The van der Waals surface area contributed by atoms with Crippen LogP contribution in [0.5, 0.6) is 5.88 Å². The number of fused-ring (bicyclic) bond motifs is 1. The molecule has 0 bridgehead atoms. The maximum atomic E-state index is 13.1. The summed E-state index contributed by atoms with van der Waals surface area (Å²) >= 11 is 0. The maximum absolute atomic E-state index is 13.1. The fraction of sp³-hybridized carbons (Fsp3) is 0.500. The molecule has 0 radical (unpaired) electrons. The number of amides is 2. The fourth-order valence-electron chi connectivity index (χ4n) is 4.50. The Kier molecular flexibility index (Phi) is 7.26. The van der Waals surface area contributed by atoms with Gasteiger partial charge in [0.1, 0.15) is 5.82 Å². The quantitative estimate of drug-likeness (QED) is 0.601. The number of hydrogen-bond acceptors (Lipinski definition) is 6. The molecule has 1 fully saturated rings. The SMILES string of the molecule is COc1ccc([C@@H](CC(=O)O)N2CCN(CCCc3ccc4c(n3)NCCCC4)C2=O)cn1. The van der Waals surface area contributed by atoms with Crippen LogP contribution < -0.4 is 10.1 Å². The van der Waals surface area contributed by atoms with E-state index in [0.717, 1.165) is 43.7 Å². The molecule has 1 saturated heterocycles. The number of hydrogen-bond donors (Lipinski definition) is 2. The monoisotopic (exact) mass is 453 g/mol. The van der Waals surface area contributed by atoms with Crippen LogP contribution in [0.4, 0.5) is 10.6 Å². The first-order valence-corrected chi connectivity index (χ1v) is 11.5. The first-order chi connectivity index (χ1) is 16.0. The lowest BCUT2D eigenvalue weighted by molar-refractivity contribution is -0.138. The minimum absolute atomic E-state index is 0.131. The zero-order valence-corrected chi connectivity index (χ0v) is 19.0. The lowest BCUT2D eigenvalue weighted by atomic mass is 10.0. The van der Waals surface area contributed by atoms with E-state index in [4.69, 9.17) is 9.72 Å². The number of methoxy groups -OCH3 is 1.